The van der Waals surface area contributed by atoms with Crippen LogP contribution in [0.25, 0.3) is 6.08 Å². The van der Waals surface area contributed by atoms with E-state index in [9.17, 15) is 0 Å². The highest BCUT2D eigenvalue weighted by Crippen LogP contribution is 2.24. The van der Waals surface area contributed by atoms with Crippen molar-refractivity contribution in [3.63, 3.8) is 0 Å². The third-order valence-electron chi connectivity index (χ3n) is 2.98. The summed E-state index contributed by atoms with van der Waals surface area (Å²) in [6.07, 6.45) is 2.21. The fraction of sp³-hybridized carbons (Fsp3) is 0.0667. The van der Waals surface area contributed by atoms with Gasteiger partial charge in [-0.15, -0.1) is 11.8 Å². The second-order valence-electron chi connectivity index (χ2n) is 4.32. The van der Waals surface area contributed by atoms with Crippen LogP contribution >= 0.6 is 11.8 Å². The highest BCUT2D eigenvalue weighted by Gasteiger charge is 2.16. The van der Waals surface area contributed by atoms with E-state index in [2.05, 4.69) is 71.9 Å². The zero-order valence-electron chi connectivity index (χ0n) is 10.0. The normalized spacial score (nSPS) is 13.0. The Labute approximate surface area is 112 Å². The number of rotatable bonds is 3. The third-order valence-corrected chi connectivity index (χ3v) is 4.11. The van der Waals surface area contributed by atoms with Crippen molar-refractivity contribution in [3.8, 4) is 0 Å². The predicted molar refractivity (Wildman–Crippen MR) is 82.0 cm³/mol. The molecule has 0 atom stereocenters. The van der Waals surface area contributed by atoms with Crippen LogP contribution in [0.5, 0.6) is 0 Å². The minimum absolute atomic E-state index is 0.408. The van der Waals surface area contributed by atoms with Crippen molar-refractivity contribution < 1.29 is 0 Å². The van der Waals surface area contributed by atoms with Gasteiger partial charge >= 0.3 is 0 Å². The Bertz CT molecular complexity index is 553. The average Bonchev–Trinajstić information content (AvgIpc) is 2.46. The summed E-state index contributed by atoms with van der Waals surface area (Å²) in [5, 5.41) is 3.56. The van der Waals surface area contributed by atoms with Crippen LogP contribution in [0.3, 0.4) is 0 Å². The first-order valence-corrected chi connectivity index (χ1v) is 7.12. The summed E-state index contributed by atoms with van der Waals surface area (Å²) in [6, 6.07) is 19.0. The fourth-order valence-corrected chi connectivity index (χ4v) is 2.96. The average molecular weight is 251 g/mol. The summed E-state index contributed by atoms with van der Waals surface area (Å²) in [6.45, 7) is 0.408. The van der Waals surface area contributed by atoms with Crippen molar-refractivity contribution in [1.29, 1.82) is 0 Å². The zero-order chi connectivity index (χ0) is 12.2. The van der Waals surface area contributed by atoms with Crippen LogP contribution in [0.2, 0.25) is 0 Å². The second kappa shape index (κ2) is 5.36. The van der Waals surface area contributed by atoms with Gasteiger partial charge in [0.2, 0.25) is 0 Å². The lowest BCUT2D eigenvalue weighted by Crippen LogP contribution is -2.28. The van der Waals surface area contributed by atoms with Gasteiger partial charge in [0.15, 0.2) is 0 Å². The Morgan fingerprint density at radius 1 is 0.944 bits per heavy atom. The fourth-order valence-electron chi connectivity index (χ4n) is 2.04. The van der Waals surface area contributed by atoms with Gasteiger partial charge < -0.3 is 5.23 Å². The summed E-state index contributed by atoms with van der Waals surface area (Å²) in [7, 11) is 0. The maximum absolute atomic E-state index is 3.56. The summed E-state index contributed by atoms with van der Waals surface area (Å²) >= 11 is 1.89. The first-order chi connectivity index (χ1) is 8.92. The molecule has 0 bridgehead atoms. The Balaban J connectivity index is 1.64. The van der Waals surface area contributed by atoms with Crippen molar-refractivity contribution in [1.82, 2.24) is 0 Å². The minimum atomic E-state index is 0.408. The number of nitrogens with one attached hydrogen (secondary N) is 1. The standard InChI is InChI=1S/C15H14BNS/c1-2-7-14(8-3-1)18-12-16-11-10-13-6-4-5-9-15(13)17-16/h1-11,17H,12H2. The van der Waals surface area contributed by atoms with Crippen LogP contribution in [-0.2, 0) is 0 Å². The monoisotopic (exact) mass is 251 g/mol. The number of hydrogen-bond donors (Lipinski definition) is 1. The van der Waals surface area contributed by atoms with Gasteiger partial charge in [-0.25, -0.2) is 0 Å². The van der Waals surface area contributed by atoms with Gasteiger partial charge in [0.25, 0.3) is 6.85 Å². The number of para-hydroxylation sites is 1. The van der Waals surface area contributed by atoms with E-state index in [1.165, 1.54) is 16.1 Å². The molecule has 88 valence electrons. The topological polar surface area (TPSA) is 12.0 Å². The van der Waals surface area contributed by atoms with E-state index in [-0.39, 0.29) is 0 Å². The number of fused-ring (bicyclic) bond motifs is 1. The summed E-state index contributed by atoms with van der Waals surface area (Å²) in [5.74, 6) is 2.25. The van der Waals surface area contributed by atoms with Crippen molar-refractivity contribution in [2.75, 3.05) is 10.9 Å². The molecule has 0 spiro atoms. The quantitative estimate of drug-likeness (QED) is 0.654. The Morgan fingerprint density at radius 2 is 1.72 bits per heavy atom. The lowest BCUT2D eigenvalue weighted by molar-refractivity contribution is 1.46. The number of anilines is 1. The molecule has 3 heteroatoms. The lowest BCUT2D eigenvalue weighted by atomic mass is 9.62. The molecule has 1 aliphatic rings. The Kier molecular flexibility index (Phi) is 3.42. The highest BCUT2D eigenvalue weighted by atomic mass is 32.2. The zero-order valence-corrected chi connectivity index (χ0v) is 10.9. The molecule has 0 aromatic heterocycles. The van der Waals surface area contributed by atoms with Gasteiger partial charge in [0.1, 0.15) is 0 Å². The van der Waals surface area contributed by atoms with Gasteiger partial charge in [-0.3, -0.25) is 0 Å². The molecule has 1 N–H and O–H groups in total. The summed E-state index contributed by atoms with van der Waals surface area (Å²) in [5.41, 5.74) is 3.56. The molecule has 3 rings (SSSR count). The molecular formula is C15H14BNS. The molecule has 2 aromatic rings. The van der Waals surface area contributed by atoms with Crippen LogP contribution in [0, 0.1) is 0 Å². The van der Waals surface area contributed by atoms with Crippen LogP contribution in [0.15, 0.2) is 65.5 Å². The van der Waals surface area contributed by atoms with E-state index >= 15 is 0 Å². The van der Waals surface area contributed by atoms with Crippen LogP contribution < -0.4 is 5.23 Å². The van der Waals surface area contributed by atoms with Gasteiger partial charge in [-0.1, -0.05) is 48.4 Å². The molecule has 1 heterocycles. The van der Waals surface area contributed by atoms with Crippen molar-refractivity contribution >= 4 is 30.4 Å². The lowest BCUT2D eigenvalue weighted by Gasteiger charge is -2.19. The summed E-state index contributed by atoms with van der Waals surface area (Å²) < 4.78 is 0. The first-order valence-electron chi connectivity index (χ1n) is 6.13. The highest BCUT2D eigenvalue weighted by molar-refractivity contribution is 8.00. The summed E-state index contributed by atoms with van der Waals surface area (Å²) in [4.78, 5) is 1.33. The van der Waals surface area contributed by atoms with Crippen LogP contribution in [0.1, 0.15) is 5.56 Å². The van der Waals surface area contributed by atoms with E-state index in [4.69, 9.17) is 0 Å². The second-order valence-corrected chi connectivity index (χ2v) is 5.41. The molecule has 0 saturated heterocycles. The van der Waals surface area contributed by atoms with E-state index in [0.29, 0.717) is 6.85 Å². The molecule has 0 saturated carbocycles. The van der Waals surface area contributed by atoms with Gasteiger partial charge in [0, 0.05) is 16.2 Å². The van der Waals surface area contributed by atoms with E-state index in [1.807, 2.05) is 11.8 Å². The van der Waals surface area contributed by atoms with E-state index in [1.54, 1.807) is 0 Å². The van der Waals surface area contributed by atoms with Gasteiger partial charge in [0.05, 0.1) is 0 Å². The minimum Gasteiger partial charge on any atom is -0.423 e. The molecular weight excluding hydrogens is 237 g/mol. The van der Waals surface area contributed by atoms with E-state index in [0.717, 1.165) is 5.65 Å². The maximum atomic E-state index is 3.56. The van der Waals surface area contributed by atoms with Crippen molar-refractivity contribution in [3.05, 3.63) is 66.1 Å². The third kappa shape index (κ3) is 2.62. The molecule has 1 nitrogen and oxygen atoms in total. The molecule has 1 aliphatic heterocycles. The van der Waals surface area contributed by atoms with E-state index < -0.39 is 0 Å². The van der Waals surface area contributed by atoms with Gasteiger partial charge in [-0.2, -0.15) is 0 Å². The SMILES string of the molecule is C1=Cc2ccccc2NB1CSc1ccccc1. The Hall–Kier alpha value is -1.61. The molecule has 2 aromatic carbocycles. The number of thioether (sulfide) groups is 1. The maximum Gasteiger partial charge on any atom is 0.289 e. The molecule has 0 radical (unpaired) electrons. The number of benzene rings is 2. The van der Waals surface area contributed by atoms with Crippen molar-refractivity contribution in [2.45, 2.75) is 4.90 Å². The Morgan fingerprint density at radius 3 is 2.61 bits per heavy atom. The number of hydrogen-bond acceptors (Lipinski definition) is 2. The smallest absolute Gasteiger partial charge is 0.289 e. The molecule has 0 aliphatic carbocycles. The first kappa shape index (κ1) is 11.5. The van der Waals surface area contributed by atoms with Crippen LogP contribution in [-0.4, -0.2) is 12.5 Å². The van der Waals surface area contributed by atoms with Crippen molar-refractivity contribution in [2.24, 2.45) is 0 Å². The van der Waals surface area contributed by atoms with Crippen LogP contribution in [0.4, 0.5) is 5.69 Å². The predicted octanol–water partition coefficient (Wildman–Crippen LogP) is 3.99. The molecule has 0 fully saturated rings. The molecule has 18 heavy (non-hydrogen) atoms. The van der Waals surface area contributed by atoms with Gasteiger partial charge in [-0.05, 0) is 23.8 Å². The molecule has 0 amide bonds. The molecule has 0 unspecified atom stereocenters. The largest absolute Gasteiger partial charge is 0.423 e.